The molecule has 3 rings (SSSR count). The zero-order chi connectivity index (χ0) is 17.3. The Hall–Kier alpha value is -0.840. The molecule has 8 heteroatoms. The van der Waals surface area contributed by atoms with Crippen molar-refractivity contribution in [3.8, 4) is 11.5 Å². The molecule has 0 spiro atoms. The normalized spacial score (nSPS) is 22.7. The summed E-state index contributed by atoms with van der Waals surface area (Å²) in [6, 6.07) is 3.50. The van der Waals surface area contributed by atoms with Crippen molar-refractivity contribution in [2.75, 3.05) is 20.3 Å². The fraction of sp³-hybridized carbons (Fsp3) is 0.375. The van der Waals surface area contributed by atoms with Gasteiger partial charge in [0.2, 0.25) is 0 Å². The molecule has 2 aliphatic heterocycles. The Balaban J connectivity index is 1.82. The number of halogens is 1. The number of ether oxygens (including phenoxy) is 2. The van der Waals surface area contributed by atoms with Crippen LogP contribution in [0.3, 0.4) is 0 Å². The van der Waals surface area contributed by atoms with Gasteiger partial charge in [0.05, 0.1) is 28.2 Å². The summed E-state index contributed by atoms with van der Waals surface area (Å²) in [5, 5.41) is 9.91. The average molecular weight is 477 g/mol. The number of phenolic OH excluding ortho intramolecular Hbond substituents is 1. The maximum Gasteiger partial charge on any atom is 0.266 e. The number of carbonyl (C=O) groups is 1. The molecule has 0 aromatic heterocycles. The van der Waals surface area contributed by atoms with Crippen LogP contribution in [0.5, 0.6) is 11.5 Å². The molecule has 0 saturated carbocycles. The van der Waals surface area contributed by atoms with Crippen molar-refractivity contribution in [3.05, 3.63) is 26.2 Å². The van der Waals surface area contributed by atoms with Crippen molar-refractivity contribution in [3.63, 3.8) is 0 Å². The third kappa shape index (κ3) is 3.71. The first-order valence-corrected chi connectivity index (χ1v) is 9.73. The van der Waals surface area contributed by atoms with Crippen LogP contribution < -0.4 is 4.74 Å². The van der Waals surface area contributed by atoms with Gasteiger partial charge in [-0.05, 0) is 59.2 Å². The van der Waals surface area contributed by atoms with Gasteiger partial charge in [0.1, 0.15) is 4.32 Å². The van der Waals surface area contributed by atoms with Crippen LogP contribution in [0.1, 0.15) is 18.4 Å². The number of methoxy groups -OCH3 is 1. The van der Waals surface area contributed by atoms with Gasteiger partial charge in [0.15, 0.2) is 11.5 Å². The Labute approximate surface area is 163 Å². The summed E-state index contributed by atoms with van der Waals surface area (Å²) in [7, 11) is 1.50. The van der Waals surface area contributed by atoms with E-state index in [0.29, 0.717) is 25.1 Å². The monoisotopic (exact) mass is 477 g/mol. The maximum absolute atomic E-state index is 12.6. The summed E-state index contributed by atoms with van der Waals surface area (Å²) in [6.07, 6.45) is 3.84. The lowest BCUT2D eigenvalue weighted by molar-refractivity contribution is -0.123. The number of nitrogens with zero attached hydrogens (tertiary/aromatic N) is 1. The Kier molecular flexibility index (Phi) is 5.68. The van der Waals surface area contributed by atoms with E-state index < -0.39 is 0 Å². The van der Waals surface area contributed by atoms with Crippen LogP contribution in [0, 0.1) is 3.57 Å². The van der Waals surface area contributed by atoms with Gasteiger partial charge in [-0.25, -0.2) is 0 Å². The summed E-state index contributed by atoms with van der Waals surface area (Å²) in [5.74, 6) is 0.381. The van der Waals surface area contributed by atoms with Crippen molar-refractivity contribution in [2.45, 2.75) is 18.9 Å². The van der Waals surface area contributed by atoms with Crippen molar-refractivity contribution in [1.29, 1.82) is 0 Å². The van der Waals surface area contributed by atoms with Crippen molar-refractivity contribution < 1.29 is 19.4 Å². The number of carbonyl (C=O) groups excluding carboxylic acids is 1. The second-order valence-electron chi connectivity index (χ2n) is 5.48. The molecule has 1 aromatic carbocycles. The first-order chi connectivity index (χ1) is 11.5. The summed E-state index contributed by atoms with van der Waals surface area (Å²) in [4.78, 5) is 14.8. The zero-order valence-corrected chi connectivity index (χ0v) is 16.7. The van der Waals surface area contributed by atoms with E-state index in [4.69, 9.17) is 21.7 Å². The summed E-state index contributed by atoms with van der Waals surface area (Å²) < 4.78 is 12.0. The van der Waals surface area contributed by atoms with E-state index in [0.717, 1.165) is 25.0 Å². The molecule has 2 heterocycles. The van der Waals surface area contributed by atoms with Gasteiger partial charge in [-0.3, -0.25) is 9.69 Å². The number of hydrogen-bond donors (Lipinski definition) is 1. The van der Waals surface area contributed by atoms with Crippen LogP contribution in [0.4, 0.5) is 0 Å². The van der Waals surface area contributed by atoms with Gasteiger partial charge < -0.3 is 14.6 Å². The number of aromatic hydroxyl groups is 1. The molecular formula is C16H16INO4S2. The third-order valence-electron chi connectivity index (χ3n) is 3.85. The van der Waals surface area contributed by atoms with Crippen LogP contribution in [0.15, 0.2) is 17.0 Å². The van der Waals surface area contributed by atoms with Crippen LogP contribution in [0.25, 0.3) is 6.08 Å². The van der Waals surface area contributed by atoms with Gasteiger partial charge in [0, 0.05) is 6.61 Å². The van der Waals surface area contributed by atoms with E-state index >= 15 is 0 Å². The first kappa shape index (κ1) is 18.0. The van der Waals surface area contributed by atoms with E-state index in [1.807, 2.05) is 22.6 Å². The molecule has 1 amide bonds. The predicted octanol–water partition coefficient (Wildman–Crippen LogP) is 3.39. The summed E-state index contributed by atoms with van der Waals surface area (Å²) in [5.41, 5.74) is 0.784. The molecule has 2 aliphatic rings. The molecule has 0 bridgehead atoms. The van der Waals surface area contributed by atoms with Gasteiger partial charge >= 0.3 is 0 Å². The molecule has 5 nitrogen and oxygen atoms in total. The highest BCUT2D eigenvalue weighted by molar-refractivity contribution is 14.1. The van der Waals surface area contributed by atoms with Crippen LogP contribution in [-0.2, 0) is 9.53 Å². The summed E-state index contributed by atoms with van der Waals surface area (Å²) in [6.45, 7) is 1.26. The SMILES string of the molecule is COc1cc(/C=C2\SC(=S)N(C[C@@H]3CCCO3)C2=O)cc(I)c1O. The second-order valence-corrected chi connectivity index (χ2v) is 8.32. The Morgan fingerprint density at radius 2 is 2.38 bits per heavy atom. The Bertz CT molecular complexity index is 716. The molecule has 0 radical (unpaired) electrons. The lowest BCUT2D eigenvalue weighted by Gasteiger charge is -2.18. The van der Waals surface area contributed by atoms with E-state index in [1.54, 1.807) is 23.1 Å². The molecule has 0 aliphatic carbocycles. The molecule has 1 aromatic rings. The number of hydrogen-bond acceptors (Lipinski definition) is 6. The van der Waals surface area contributed by atoms with Crippen LogP contribution >= 0.6 is 46.6 Å². The van der Waals surface area contributed by atoms with Crippen molar-refractivity contribution >= 4 is 62.9 Å². The van der Waals surface area contributed by atoms with E-state index in [1.165, 1.54) is 18.9 Å². The number of rotatable bonds is 4. The minimum Gasteiger partial charge on any atom is -0.504 e. The fourth-order valence-corrected chi connectivity index (χ4v) is 4.53. The molecule has 0 unspecified atom stereocenters. The lowest BCUT2D eigenvalue weighted by Crippen LogP contribution is -2.35. The molecule has 1 N–H and O–H groups in total. The minimum atomic E-state index is -0.0949. The highest BCUT2D eigenvalue weighted by Crippen LogP contribution is 2.37. The highest BCUT2D eigenvalue weighted by atomic mass is 127. The molecule has 2 saturated heterocycles. The van der Waals surface area contributed by atoms with Gasteiger partial charge in [0.25, 0.3) is 5.91 Å². The van der Waals surface area contributed by atoms with E-state index in [2.05, 4.69) is 0 Å². The van der Waals surface area contributed by atoms with Gasteiger partial charge in [-0.1, -0.05) is 24.0 Å². The second kappa shape index (κ2) is 7.59. The molecular weight excluding hydrogens is 461 g/mol. The quantitative estimate of drug-likeness (QED) is 0.408. The van der Waals surface area contributed by atoms with Crippen LogP contribution in [-0.4, -0.2) is 46.6 Å². The molecule has 1 atom stereocenters. The lowest BCUT2D eigenvalue weighted by atomic mass is 10.2. The molecule has 24 heavy (non-hydrogen) atoms. The maximum atomic E-state index is 12.6. The van der Waals surface area contributed by atoms with Gasteiger partial charge in [-0.2, -0.15) is 0 Å². The highest BCUT2D eigenvalue weighted by Gasteiger charge is 2.34. The number of benzene rings is 1. The third-order valence-corrected chi connectivity index (χ3v) is 6.05. The predicted molar refractivity (Wildman–Crippen MR) is 106 cm³/mol. The average Bonchev–Trinajstić information content (AvgIpc) is 3.15. The standard InChI is InChI=1S/C16H16INO4S2/c1-21-12-6-9(5-11(17)14(12)19)7-13-15(20)18(16(23)24-13)8-10-3-2-4-22-10/h5-7,10,19H,2-4,8H2,1H3/b13-7-/t10-/m0/s1. The molecule has 2 fully saturated rings. The number of amides is 1. The zero-order valence-electron chi connectivity index (χ0n) is 13.0. The van der Waals surface area contributed by atoms with E-state index in [9.17, 15) is 9.90 Å². The largest absolute Gasteiger partial charge is 0.504 e. The van der Waals surface area contributed by atoms with Crippen molar-refractivity contribution in [2.24, 2.45) is 0 Å². The fourth-order valence-electron chi connectivity index (χ4n) is 2.63. The topological polar surface area (TPSA) is 59.0 Å². The molecule has 128 valence electrons. The first-order valence-electron chi connectivity index (χ1n) is 7.43. The van der Waals surface area contributed by atoms with Gasteiger partial charge in [-0.15, -0.1) is 0 Å². The number of thioether (sulfide) groups is 1. The Morgan fingerprint density at radius 1 is 1.58 bits per heavy atom. The summed E-state index contributed by atoms with van der Waals surface area (Å²) >= 11 is 8.67. The van der Waals surface area contributed by atoms with Crippen LogP contribution in [0.2, 0.25) is 0 Å². The van der Waals surface area contributed by atoms with Crippen molar-refractivity contribution in [1.82, 2.24) is 4.90 Å². The number of phenols is 1. The number of thiocarbonyl (C=S) groups is 1. The smallest absolute Gasteiger partial charge is 0.266 e. The van der Waals surface area contributed by atoms with E-state index in [-0.39, 0.29) is 17.8 Å². The minimum absolute atomic E-state index is 0.0709. The Morgan fingerprint density at radius 3 is 3.04 bits per heavy atom.